The summed E-state index contributed by atoms with van der Waals surface area (Å²) in [5.41, 5.74) is -2.98. The van der Waals surface area contributed by atoms with Crippen LogP contribution in [-0.2, 0) is 48.1 Å². The van der Waals surface area contributed by atoms with E-state index in [-0.39, 0.29) is 37.5 Å². The summed E-state index contributed by atoms with van der Waals surface area (Å²) in [6, 6.07) is 48.5. The zero-order valence-electron chi connectivity index (χ0n) is 60.6. The van der Waals surface area contributed by atoms with E-state index in [2.05, 4.69) is 51.1 Å². The Morgan fingerprint density at radius 2 is 1.00 bits per heavy atom. The van der Waals surface area contributed by atoms with Crippen LogP contribution in [0.15, 0.2) is 158 Å². The van der Waals surface area contributed by atoms with E-state index >= 15 is 0 Å². The molecule has 0 bridgehead atoms. The first kappa shape index (κ1) is 34.2. The van der Waals surface area contributed by atoms with E-state index in [1.54, 1.807) is 29.0 Å². The van der Waals surface area contributed by atoms with Crippen molar-refractivity contribution in [1.82, 2.24) is 14.5 Å². The average molecular weight is 1160 g/mol. The maximum absolute atomic E-state index is 13.4. The van der Waals surface area contributed by atoms with Crippen molar-refractivity contribution in [3.05, 3.63) is 192 Å². The SMILES string of the molecule is [2H]C([2H])([2H])C(c1cc(-c2nc3c(-c4[c-]c(-c5cc(-c6ccc(C(C)(C)C)cc6)ccn5)cc(C(C)(C)C)c4)cccc3n2-c2c(-c3ccccc3)cc(C(C)(C)C)cc2-c2ccccc2)c(O)c(C(C([2H])([2H])[2H])(C([2H])([2H])[2H])C([2H])([2H])[2H])c1)(C([2H])([2H])[2H])C([2H])([2H])[2H].[Pt]. The molecule has 0 unspecified atom stereocenters. The third-order valence-corrected chi connectivity index (χ3v) is 13.4. The molecule has 0 saturated carbocycles. The smallest absolute Gasteiger partial charge is 0.148 e. The van der Waals surface area contributed by atoms with E-state index in [1.807, 2.05) is 139 Å². The van der Waals surface area contributed by atoms with E-state index in [0.717, 1.165) is 28.3 Å². The van der Waals surface area contributed by atoms with E-state index in [1.165, 1.54) is 5.56 Å². The van der Waals surface area contributed by atoms with Gasteiger partial charge >= 0.3 is 0 Å². The van der Waals surface area contributed by atoms with Gasteiger partial charge in [-0.05, 0) is 96.4 Å². The number of rotatable bonds is 7. The molecule has 1 N–H and O–H groups in total. The molecule has 0 aliphatic carbocycles. The summed E-state index contributed by atoms with van der Waals surface area (Å²) < 4.78 is 162. The van der Waals surface area contributed by atoms with Crippen molar-refractivity contribution in [2.75, 3.05) is 0 Å². The number of imidazole rings is 1. The van der Waals surface area contributed by atoms with Crippen LogP contribution in [0.25, 0.3) is 83.9 Å². The first-order chi connectivity index (χ1) is 41.3. The summed E-state index contributed by atoms with van der Waals surface area (Å²) in [6.45, 7) is -6.02. The summed E-state index contributed by atoms with van der Waals surface area (Å²) in [5.74, 6) is -1.80. The number of pyridine rings is 1. The molecule has 0 fully saturated rings. The second kappa shape index (κ2) is 19.5. The number of benzene rings is 7. The van der Waals surface area contributed by atoms with Crippen LogP contribution in [0.5, 0.6) is 5.75 Å². The molecule has 0 aliphatic heterocycles. The van der Waals surface area contributed by atoms with Crippen LogP contribution in [0, 0.1) is 6.07 Å². The topological polar surface area (TPSA) is 50.9 Å². The van der Waals surface area contributed by atoms with Gasteiger partial charge in [0.15, 0.2) is 0 Å². The van der Waals surface area contributed by atoms with Gasteiger partial charge < -0.3 is 5.11 Å². The summed E-state index contributed by atoms with van der Waals surface area (Å²) in [5, 5.41) is 13.4. The van der Waals surface area contributed by atoms with Gasteiger partial charge in [0.05, 0.1) is 22.3 Å². The third kappa shape index (κ3) is 10.7. The number of phenols is 1. The minimum Gasteiger partial charge on any atom is -0.507 e. The van der Waals surface area contributed by atoms with Crippen molar-refractivity contribution < 1.29 is 50.8 Å². The molecule has 0 saturated heterocycles. The fourth-order valence-electron chi connectivity index (χ4n) is 9.22. The van der Waals surface area contributed by atoms with Crippen LogP contribution in [0.2, 0.25) is 0 Å². The van der Waals surface area contributed by atoms with E-state index in [0.29, 0.717) is 56.4 Å². The van der Waals surface area contributed by atoms with Gasteiger partial charge in [0.1, 0.15) is 11.6 Å². The standard InChI is InChI=1S/C68H72N3O.Pt/c1-64(2,3)49-31-29-43(30-32-49)46-33-34-69-58(38-46)48-35-47(36-50(37-48)65(4,5)6)53-27-22-28-59-60(53)70-63(56-41-52(67(10,11)12)42-57(62(56)72)68(13,14)15)71(59)61-54(44-23-18-16-19-24-44)39-51(66(7,8)9)40-55(61)45-25-20-17-21-26-45;/h16-34,36-42,72H,1-15H3;/q-1;/i10D3,11D3,12D3,13D3,14D3,15D3;. The summed E-state index contributed by atoms with van der Waals surface area (Å²) >= 11 is 0. The fraction of sp³-hybridized carbons (Fsp3) is 0.294. The molecular weight excluding hydrogens is 1070 g/mol. The van der Waals surface area contributed by atoms with Crippen molar-refractivity contribution in [3.8, 4) is 78.6 Å². The Hall–Kier alpha value is -6.35. The Bertz CT molecular complexity index is 4030. The molecule has 7 aromatic carbocycles. The fourth-order valence-corrected chi connectivity index (χ4v) is 9.22. The Morgan fingerprint density at radius 1 is 0.466 bits per heavy atom. The van der Waals surface area contributed by atoms with Gasteiger partial charge in [-0.2, -0.15) is 0 Å². The molecule has 9 rings (SSSR count). The first-order valence-corrected chi connectivity index (χ1v) is 24.1. The van der Waals surface area contributed by atoms with Crippen LogP contribution in [0.1, 0.15) is 156 Å². The quantitative estimate of drug-likeness (QED) is 0.162. The summed E-state index contributed by atoms with van der Waals surface area (Å²) in [7, 11) is 0. The first-order valence-electron chi connectivity index (χ1n) is 33.1. The summed E-state index contributed by atoms with van der Waals surface area (Å²) in [6.07, 6.45) is 1.72. The van der Waals surface area contributed by atoms with E-state index < -0.39 is 91.0 Å². The number of nitrogens with zero attached hydrogens (tertiary/aromatic N) is 3. The van der Waals surface area contributed by atoms with E-state index in [4.69, 9.17) is 34.6 Å². The summed E-state index contributed by atoms with van der Waals surface area (Å²) in [4.78, 5) is 10.2. The van der Waals surface area contributed by atoms with Gasteiger partial charge in [0, 0.05) is 74.3 Å². The molecule has 2 aromatic heterocycles. The second-order valence-corrected chi connectivity index (χ2v) is 22.0. The number of hydrogen-bond acceptors (Lipinski definition) is 3. The minimum absolute atomic E-state index is 0. The number of hydrogen-bond donors (Lipinski definition) is 1. The number of aromatic nitrogens is 3. The molecule has 9 aromatic rings. The van der Waals surface area contributed by atoms with Crippen LogP contribution < -0.4 is 0 Å². The van der Waals surface area contributed by atoms with Gasteiger partial charge in [-0.1, -0.05) is 224 Å². The number of para-hydroxylation sites is 1. The number of aromatic hydroxyl groups is 1. The Labute approximate surface area is 475 Å². The normalized spacial score (nSPS) is 17.2. The van der Waals surface area contributed by atoms with Crippen molar-refractivity contribution in [1.29, 1.82) is 0 Å². The maximum Gasteiger partial charge on any atom is 0.148 e. The van der Waals surface area contributed by atoms with Crippen LogP contribution in [0.3, 0.4) is 0 Å². The van der Waals surface area contributed by atoms with Crippen LogP contribution in [0.4, 0.5) is 0 Å². The predicted octanol–water partition coefficient (Wildman–Crippen LogP) is 18.4. The molecule has 4 nitrogen and oxygen atoms in total. The monoisotopic (exact) mass is 1160 g/mol. The van der Waals surface area contributed by atoms with Gasteiger partial charge in [-0.3, -0.25) is 9.55 Å². The average Bonchev–Trinajstić information content (AvgIpc) is 1.19. The van der Waals surface area contributed by atoms with Crippen molar-refractivity contribution >= 4 is 11.0 Å². The number of fused-ring (bicyclic) bond motifs is 1. The Balaban J connectivity index is 0.0000107. The molecule has 0 atom stereocenters. The Kier molecular flexibility index (Phi) is 9.13. The molecule has 5 heteroatoms. The zero-order valence-corrected chi connectivity index (χ0v) is 44.9. The molecule has 0 aliphatic rings. The minimum atomic E-state index is -4.17. The molecule has 73 heavy (non-hydrogen) atoms. The molecule has 376 valence electrons. The van der Waals surface area contributed by atoms with E-state index in [9.17, 15) is 5.11 Å². The van der Waals surface area contributed by atoms with Gasteiger partial charge in [0.2, 0.25) is 0 Å². The molecule has 0 spiro atoms. The van der Waals surface area contributed by atoms with Gasteiger partial charge in [-0.15, -0.1) is 29.3 Å². The van der Waals surface area contributed by atoms with Crippen molar-refractivity contribution in [2.45, 2.75) is 130 Å². The zero-order chi connectivity index (χ0) is 66.7. The molecule has 2 heterocycles. The largest absolute Gasteiger partial charge is 0.507 e. The predicted molar refractivity (Wildman–Crippen MR) is 305 cm³/mol. The molecular formula is C68H72N3OPt-. The van der Waals surface area contributed by atoms with Gasteiger partial charge in [0.25, 0.3) is 0 Å². The molecule has 0 amide bonds. The third-order valence-electron chi connectivity index (χ3n) is 13.4. The number of phenolic OH excluding ortho intramolecular Hbond substituents is 1. The van der Waals surface area contributed by atoms with Crippen LogP contribution in [-0.4, -0.2) is 19.6 Å². The molecule has 0 radical (unpaired) electrons. The van der Waals surface area contributed by atoms with Gasteiger partial charge in [-0.25, -0.2) is 4.98 Å². The maximum atomic E-state index is 13.4. The van der Waals surface area contributed by atoms with Crippen molar-refractivity contribution in [3.63, 3.8) is 0 Å². The Morgan fingerprint density at radius 3 is 1.56 bits per heavy atom. The van der Waals surface area contributed by atoms with Crippen LogP contribution >= 0.6 is 0 Å². The second-order valence-electron chi connectivity index (χ2n) is 22.0. The van der Waals surface area contributed by atoms with Crippen molar-refractivity contribution in [2.24, 2.45) is 0 Å².